The van der Waals surface area contributed by atoms with Gasteiger partial charge in [-0.05, 0) is 24.5 Å². The third-order valence-corrected chi connectivity index (χ3v) is 3.59. The lowest BCUT2D eigenvalue weighted by Gasteiger charge is -2.32. The highest BCUT2D eigenvalue weighted by Crippen LogP contribution is 2.31. The maximum absolute atomic E-state index is 11.3. The number of amides is 1. The number of rotatable bonds is 3. The fraction of sp³-hybridized carbons (Fsp3) is 0.500. The smallest absolute Gasteiger partial charge is 0.248 e. The van der Waals surface area contributed by atoms with Crippen LogP contribution in [0.3, 0.4) is 0 Å². The second kappa shape index (κ2) is 4.88. The van der Waals surface area contributed by atoms with Crippen molar-refractivity contribution in [1.82, 2.24) is 0 Å². The van der Waals surface area contributed by atoms with E-state index in [1.165, 1.54) is 6.42 Å². The van der Waals surface area contributed by atoms with E-state index in [9.17, 15) is 9.90 Å². The SMILES string of the molecule is NC(=O)c1ccccc1CC1(O)CCCCC1. The van der Waals surface area contributed by atoms with Crippen molar-refractivity contribution < 1.29 is 9.90 Å². The zero-order chi connectivity index (χ0) is 12.3. The number of benzene rings is 1. The van der Waals surface area contributed by atoms with Crippen molar-refractivity contribution >= 4 is 5.91 Å². The molecule has 1 aromatic rings. The van der Waals surface area contributed by atoms with Gasteiger partial charge in [0.2, 0.25) is 5.91 Å². The van der Waals surface area contributed by atoms with Crippen molar-refractivity contribution in [2.75, 3.05) is 0 Å². The lowest BCUT2D eigenvalue weighted by atomic mass is 9.80. The van der Waals surface area contributed by atoms with Crippen LogP contribution in [-0.2, 0) is 6.42 Å². The monoisotopic (exact) mass is 233 g/mol. The fourth-order valence-corrected chi connectivity index (χ4v) is 2.66. The van der Waals surface area contributed by atoms with Crippen molar-refractivity contribution in [3.05, 3.63) is 35.4 Å². The number of hydrogen-bond donors (Lipinski definition) is 2. The van der Waals surface area contributed by atoms with E-state index in [1.54, 1.807) is 12.1 Å². The molecule has 0 bridgehead atoms. The van der Waals surface area contributed by atoms with Crippen LogP contribution in [0.1, 0.15) is 48.0 Å². The Balaban J connectivity index is 2.20. The Labute approximate surface area is 102 Å². The highest BCUT2D eigenvalue weighted by atomic mass is 16.3. The molecule has 0 spiro atoms. The number of hydrogen-bond acceptors (Lipinski definition) is 2. The quantitative estimate of drug-likeness (QED) is 0.839. The second-order valence-electron chi connectivity index (χ2n) is 4.98. The van der Waals surface area contributed by atoms with Gasteiger partial charge in [-0.2, -0.15) is 0 Å². The molecule has 0 heterocycles. The Morgan fingerprint density at radius 3 is 2.53 bits per heavy atom. The summed E-state index contributed by atoms with van der Waals surface area (Å²) < 4.78 is 0. The summed E-state index contributed by atoms with van der Waals surface area (Å²) in [6.07, 6.45) is 5.50. The van der Waals surface area contributed by atoms with Crippen molar-refractivity contribution in [3.63, 3.8) is 0 Å². The van der Waals surface area contributed by atoms with Gasteiger partial charge in [0, 0.05) is 12.0 Å². The Hall–Kier alpha value is -1.35. The van der Waals surface area contributed by atoms with Crippen LogP contribution in [0.2, 0.25) is 0 Å². The summed E-state index contributed by atoms with van der Waals surface area (Å²) in [6.45, 7) is 0. The molecule has 1 fully saturated rings. The van der Waals surface area contributed by atoms with Crippen LogP contribution in [0, 0.1) is 0 Å². The minimum atomic E-state index is -0.649. The number of nitrogens with two attached hydrogens (primary N) is 1. The standard InChI is InChI=1S/C14H19NO2/c15-13(16)12-7-3-2-6-11(12)10-14(17)8-4-1-5-9-14/h2-3,6-7,17H,1,4-5,8-10H2,(H2,15,16). The van der Waals surface area contributed by atoms with Crippen molar-refractivity contribution in [3.8, 4) is 0 Å². The summed E-state index contributed by atoms with van der Waals surface area (Å²) >= 11 is 0. The molecule has 17 heavy (non-hydrogen) atoms. The van der Waals surface area contributed by atoms with Crippen LogP contribution >= 0.6 is 0 Å². The van der Waals surface area contributed by atoms with Crippen LogP contribution < -0.4 is 5.73 Å². The predicted octanol–water partition coefficient (Wildman–Crippen LogP) is 2.02. The topological polar surface area (TPSA) is 63.3 Å². The van der Waals surface area contributed by atoms with Gasteiger partial charge in [-0.25, -0.2) is 0 Å². The highest BCUT2D eigenvalue weighted by Gasteiger charge is 2.30. The van der Waals surface area contributed by atoms with Gasteiger partial charge in [0.1, 0.15) is 0 Å². The van der Waals surface area contributed by atoms with Gasteiger partial charge in [-0.1, -0.05) is 37.5 Å². The third-order valence-electron chi connectivity index (χ3n) is 3.59. The summed E-state index contributed by atoms with van der Waals surface area (Å²) in [7, 11) is 0. The molecule has 1 amide bonds. The molecular formula is C14H19NO2. The summed E-state index contributed by atoms with van der Waals surface area (Å²) in [5, 5.41) is 10.5. The predicted molar refractivity (Wildman–Crippen MR) is 66.7 cm³/mol. The summed E-state index contributed by atoms with van der Waals surface area (Å²) in [5.41, 5.74) is 6.09. The first-order chi connectivity index (χ1) is 8.11. The van der Waals surface area contributed by atoms with Gasteiger partial charge in [0.05, 0.1) is 5.60 Å². The molecule has 1 saturated carbocycles. The first-order valence-electron chi connectivity index (χ1n) is 6.21. The molecule has 0 aliphatic heterocycles. The maximum atomic E-state index is 11.3. The van der Waals surface area contributed by atoms with Crippen LogP contribution in [-0.4, -0.2) is 16.6 Å². The van der Waals surface area contributed by atoms with Gasteiger partial charge in [-0.15, -0.1) is 0 Å². The molecule has 1 aliphatic carbocycles. The van der Waals surface area contributed by atoms with Crippen molar-refractivity contribution in [1.29, 1.82) is 0 Å². The summed E-state index contributed by atoms with van der Waals surface area (Å²) in [4.78, 5) is 11.3. The zero-order valence-corrected chi connectivity index (χ0v) is 9.98. The summed E-state index contributed by atoms with van der Waals surface area (Å²) in [6, 6.07) is 7.29. The molecule has 92 valence electrons. The number of aliphatic hydroxyl groups is 1. The van der Waals surface area contributed by atoms with Gasteiger partial charge in [-0.3, -0.25) is 4.79 Å². The Morgan fingerprint density at radius 1 is 1.24 bits per heavy atom. The molecule has 0 radical (unpaired) electrons. The van der Waals surface area contributed by atoms with Crippen LogP contribution in [0.15, 0.2) is 24.3 Å². The highest BCUT2D eigenvalue weighted by molar-refractivity contribution is 5.94. The molecule has 0 atom stereocenters. The normalized spacial score (nSPS) is 18.9. The summed E-state index contributed by atoms with van der Waals surface area (Å²) in [5.74, 6) is -0.417. The molecule has 3 nitrogen and oxygen atoms in total. The van der Waals surface area contributed by atoms with E-state index < -0.39 is 11.5 Å². The molecular weight excluding hydrogens is 214 g/mol. The van der Waals surface area contributed by atoms with Gasteiger partial charge < -0.3 is 10.8 Å². The van der Waals surface area contributed by atoms with E-state index in [0.717, 1.165) is 31.2 Å². The van der Waals surface area contributed by atoms with E-state index in [-0.39, 0.29) is 0 Å². The van der Waals surface area contributed by atoms with E-state index in [4.69, 9.17) is 5.73 Å². The molecule has 1 aliphatic rings. The van der Waals surface area contributed by atoms with E-state index in [1.807, 2.05) is 12.1 Å². The molecule has 3 heteroatoms. The van der Waals surface area contributed by atoms with Crippen LogP contribution in [0.25, 0.3) is 0 Å². The van der Waals surface area contributed by atoms with Crippen LogP contribution in [0.4, 0.5) is 0 Å². The first-order valence-corrected chi connectivity index (χ1v) is 6.21. The lowest BCUT2D eigenvalue weighted by molar-refractivity contribution is 0.00439. The van der Waals surface area contributed by atoms with Crippen molar-refractivity contribution in [2.24, 2.45) is 5.73 Å². The van der Waals surface area contributed by atoms with E-state index in [0.29, 0.717) is 12.0 Å². The lowest BCUT2D eigenvalue weighted by Crippen LogP contribution is -2.34. The number of carbonyl (C=O) groups excluding carboxylic acids is 1. The average Bonchev–Trinajstić information content (AvgIpc) is 2.29. The molecule has 2 rings (SSSR count). The largest absolute Gasteiger partial charge is 0.390 e. The molecule has 0 unspecified atom stereocenters. The van der Waals surface area contributed by atoms with Crippen LogP contribution in [0.5, 0.6) is 0 Å². The Kier molecular flexibility index (Phi) is 3.48. The van der Waals surface area contributed by atoms with Gasteiger partial charge in [0.15, 0.2) is 0 Å². The average molecular weight is 233 g/mol. The van der Waals surface area contributed by atoms with E-state index >= 15 is 0 Å². The zero-order valence-electron chi connectivity index (χ0n) is 9.98. The minimum absolute atomic E-state index is 0.417. The molecule has 3 N–H and O–H groups in total. The molecule has 0 aromatic heterocycles. The number of carbonyl (C=O) groups is 1. The Morgan fingerprint density at radius 2 is 1.88 bits per heavy atom. The second-order valence-corrected chi connectivity index (χ2v) is 4.98. The minimum Gasteiger partial charge on any atom is -0.390 e. The maximum Gasteiger partial charge on any atom is 0.248 e. The molecule has 0 saturated heterocycles. The Bertz CT molecular complexity index is 408. The first kappa shape index (κ1) is 12.1. The number of primary amides is 1. The molecule has 1 aromatic carbocycles. The third kappa shape index (κ3) is 2.86. The van der Waals surface area contributed by atoms with Gasteiger partial charge in [0.25, 0.3) is 0 Å². The van der Waals surface area contributed by atoms with Crippen molar-refractivity contribution in [2.45, 2.75) is 44.1 Å². The fourth-order valence-electron chi connectivity index (χ4n) is 2.66. The van der Waals surface area contributed by atoms with E-state index in [2.05, 4.69) is 0 Å². The van der Waals surface area contributed by atoms with Gasteiger partial charge >= 0.3 is 0 Å².